The molecule has 0 aliphatic heterocycles. The maximum atomic E-state index is 13.6. The molecule has 0 radical (unpaired) electrons. The van der Waals surface area contributed by atoms with Crippen molar-refractivity contribution in [3.63, 3.8) is 0 Å². The monoisotopic (exact) mass is 337 g/mol. The first kappa shape index (κ1) is 15.9. The van der Waals surface area contributed by atoms with Crippen LogP contribution in [0.15, 0.2) is 42.6 Å². The fourth-order valence-corrected chi connectivity index (χ4v) is 2.68. The topological polar surface area (TPSA) is 49.6 Å². The number of hydrogen-bond donors (Lipinski definition) is 2. The highest BCUT2D eigenvalue weighted by molar-refractivity contribution is 6.30. The van der Waals surface area contributed by atoms with Crippen molar-refractivity contribution in [3.8, 4) is 0 Å². The fourth-order valence-electron chi connectivity index (χ4n) is 2.43. The first-order chi connectivity index (χ1) is 11.1. The molecule has 0 saturated heterocycles. The number of nitrogens with zero attached hydrogens (tertiary/aromatic N) is 2. The summed E-state index contributed by atoms with van der Waals surface area (Å²) in [6, 6.07) is 9.00. The molecule has 0 amide bonds. The minimum atomic E-state index is -1.30. The molecule has 0 saturated carbocycles. The van der Waals surface area contributed by atoms with Crippen molar-refractivity contribution in [3.05, 3.63) is 70.6 Å². The summed E-state index contributed by atoms with van der Waals surface area (Å²) in [4.78, 5) is 4.20. The second-order valence-electron chi connectivity index (χ2n) is 5.06. The molecule has 3 aromatic rings. The van der Waals surface area contributed by atoms with Crippen LogP contribution in [0.2, 0.25) is 5.15 Å². The van der Waals surface area contributed by atoms with E-state index < -0.39 is 17.7 Å². The third kappa shape index (κ3) is 3.19. The van der Waals surface area contributed by atoms with Crippen LogP contribution >= 0.6 is 11.6 Å². The van der Waals surface area contributed by atoms with Gasteiger partial charge in [0.25, 0.3) is 0 Å². The first-order valence-corrected chi connectivity index (χ1v) is 7.40. The van der Waals surface area contributed by atoms with Gasteiger partial charge in [-0.3, -0.25) is 0 Å². The Morgan fingerprint density at radius 3 is 2.65 bits per heavy atom. The van der Waals surface area contributed by atoms with Gasteiger partial charge in [-0.05, 0) is 24.3 Å². The minimum Gasteiger partial charge on any atom is -0.387 e. The Labute approximate surface area is 136 Å². The van der Waals surface area contributed by atoms with E-state index in [0.29, 0.717) is 23.0 Å². The zero-order valence-electron chi connectivity index (χ0n) is 12.0. The van der Waals surface area contributed by atoms with E-state index in [1.54, 1.807) is 0 Å². The number of benzene rings is 1. The van der Waals surface area contributed by atoms with Crippen molar-refractivity contribution >= 4 is 17.2 Å². The first-order valence-electron chi connectivity index (χ1n) is 7.02. The number of fused-ring (bicyclic) bond motifs is 1. The number of halogens is 3. The van der Waals surface area contributed by atoms with Gasteiger partial charge in [0.2, 0.25) is 0 Å². The van der Waals surface area contributed by atoms with Crippen molar-refractivity contribution in [1.29, 1.82) is 0 Å². The second-order valence-corrected chi connectivity index (χ2v) is 5.42. The molecule has 1 unspecified atom stereocenters. The molecule has 0 fully saturated rings. The lowest BCUT2D eigenvalue weighted by atomic mass is 10.1. The molecule has 120 valence electrons. The van der Waals surface area contributed by atoms with Crippen LogP contribution in [0.5, 0.6) is 0 Å². The Morgan fingerprint density at radius 2 is 1.91 bits per heavy atom. The Bertz CT molecular complexity index is 817. The van der Waals surface area contributed by atoms with Crippen LogP contribution < -0.4 is 5.32 Å². The average Bonchev–Trinajstić information content (AvgIpc) is 2.83. The maximum Gasteiger partial charge on any atom is 0.152 e. The van der Waals surface area contributed by atoms with Crippen LogP contribution in [-0.4, -0.2) is 21.0 Å². The van der Waals surface area contributed by atoms with Crippen molar-refractivity contribution in [1.82, 2.24) is 14.7 Å². The summed E-state index contributed by atoms with van der Waals surface area (Å²) in [7, 11) is 0. The zero-order valence-corrected chi connectivity index (χ0v) is 12.8. The number of aromatic nitrogens is 2. The molecule has 7 heteroatoms. The van der Waals surface area contributed by atoms with Crippen LogP contribution in [0.1, 0.15) is 17.4 Å². The Morgan fingerprint density at radius 1 is 1.17 bits per heavy atom. The van der Waals surface area contributed by atoms with Crippen LogP contribution in [0.25, 0.3) is 5.65 Å². The fraction of sp³-hybridized carbons (Fsp3) is 0.188. The van der Waals surface area contributed by atoms with Gasteiger partial charge < -0.3 is 14.8 Å². The van der Waals surface area contributed by atoms with Gasteiger partial charge in [-0.1, -0.05) is 23.7 Å². The predicted octanol–water partition coefficient (Wildman–Crippen LogP) is 3.09. The summed E-state index contributed by atoms with van der Waals surface area (Å²) in [6.45, 7) is 0.283. The van der Waals surface area contributed by atoms with Gasteiger partial charge in [0, 0.05) is 19.3 Å². The quantitative estimate of drug-likeness (QED) is 0.752. The Kier molecular flexibility index (Phi) is 4.56. The zero-order chi connectivity index (χ0) is 16.4. The maximum absolute atomic E-state index is 13.6. The lowest BCUT2D eigenvalue weighted by molar-refractivity contribution is 0.164. The molecule has 2 N–H and O–H groups in total. The smallest absolute Gasteiger partial charge is 0.152 e. The van der Waals surface area contributed by atoms with E-state index in [1.165, 1.54) is 6.07 Å². The van der Waals surface area contributed by atoms with Gasteiger partial charge in [-0.15, -0.1) is 0 Å². The SMILES string of the molecule is OC(CNCc1c(Cl)nc2ccccn12)c1c(F)cccc1F. The van der Waals surface area contributed by atoms with E-state index >= 15 is 0 Å². The molecule has 1 aromatic carbocycles. The number of rotatable bonds is 5. The van der Waals surface area contributed by atoms with Crippen LogP contribution in [0, 0.1) is 11.6 Å². The summed E-state index contributed by atoms with van der Waals surface area (Å²) in [5.41, 5.74) is 1.07. The summed E-state index contributed by atoms with van der Waals surface area (Å²) in [5, 5.41) is 13.3. The number of nitrogens with one attached hydrogen (secondary N) is 1. The number of hydrogen-bond acceptors (Lipinski definition) is 3. The molecular weight excluding hydrogens is 324 g/mol. The van der Waals surface area contributed by atoms with E-state index in [2.05, 4.69) is 10.3 Å². The average molecular weight is 338 g/mol. The van der Waals surface area contributed by atoms with E-state index in [0.717, 1.165) is 12.1 Å². The number of imidazole rings is 1. The molecule has 2 aromatic heterocycles. The third-order valence-electron chi connectivity index (χ3n) is 3.54. The standard InChI is InChI=1S/C16H14ClF2N3O/c17-16-12(22-7-2-1-6-14(22)21-16)8-20-9-13(23)15-10(18)4-3-5-11(15)19/h1-7,13,20,23H,8-9H2. The predicted molar refractivity (Wildman–Crippen MR) is 83.2 cm³/mol. The highest BCUT2D eigenvalue weighted by Gasteiger charge is 2.18. The van der Waals surface area contributed by atoms with Gasteiger partial charge in [0.05, 0.1) is 17.4 Å². The van der Waals surface area contributed by atoms with Crippen molar-refractivity contribution in [2.45, 2.75) is 12.6 Å². The van der Waals surface area contributed by atoms with E-state index in [4.69, 9.17) is 11.6 Å². The van der Waals surface area contributed by atoms with Crippen molar-refractivity contribution in [2.75, 3.05) is 6.54 Å². The van der Waals surface area contributed by atoms with Crippen LogP contribution in [0.3, 0.4) is 0 Å². The summed E-state index contributed by atoms with van der Waals surface area (Å²) in [6.07, 6.45) is 0.521. The summed E-state index contributed by atoms with van der Waals surface area (Å²) in [5.74, 6) is -1.54. The van der Waals surface area contributed by atoms with Gasteiger partial charge in [-0.2, -0.15) is 0 Å². The minimum absolute atomic E-state index is 0.0196. The largest absolute Gasteiger partial charge is 0.387 e. The van der Waals surface area contributed by atoms with Crippen molar-refractivity contribution < 1.29 is 13.9 Å². The molecule has 23 heavy (non-hydrogen) atoms. The van der Waals surface area contributed by atoms with Gasteiger partial charge >= 0.3 is 0 Å². The second kappa shape index (κ2) is 6.62. The van der Waals surface area contributed by atoms with E-state index in [1.807, 2.05) is 28.8 Å². The Hall–Kier alpha value is -2.02. The molecular formula is C16H14ClF2N3O. The molecule has 3 rings (SSSR count). The van der Waals surface area contributed by atoms with E-state index in [9.17, 15) is 13.9 Å². The molecule has 0 aliphatic carbocycles. The highest BCUT2D eigenvalue weighted by atomic mass is 35.5. The van der Waals surface area contributed by atoms with Gasteiger partial charge in [0.15, 0.2) is 5.15 Å². The van der Waals surface area contributed by atoms with Crippen LogP contribution in [0.4, 0.5) is 8.78 Å². The van der Waals surface area contributed by atoms with Gasteiger partial charge in [-0.25, -0.2) is 13.8 Å². The molecule has 0 bridgehead atoms. The number of aliphatic hydroxyl groups is 1. The molecule has 1 atom stereocenters. The normalized spacial score (nSPS) is 12.7. The lowest BCUT2D eigenvalue weighted by Crippen LogP contribution is -2.23. The summed E-state index contributed by atoms with van der Waals surface area (Å²) < 4.78 is 29.0. The number of aliphatic hydroxyl groups excluding tert-OH is 1. The summed E-state index contributed by atoms with van der Waals surface area (Å²) >= 11 is 6.10. The molecule has 4 nitrogen and oxygen atoms in total. The number of pyridine rings is 1. The lowest BCUT2D eigenvalue weighted by Gasteiger charge is -2.14. The van der Waals surface area contributed by atoms with E-state index in [-0.39, 0.29) is 12.1 Å². The molecule has 0 aliphatic rings. The van der Waals surface area contributed by atoms with Crippen LogP contribution in [-0.2, 0) is 6.54 Å². The highest BCUT2D eigenvalue weighted by Crippen LogP contribution is 2.21. The molecule has 0 spiro atoms. The molecule has 2 heterocycles. The third-order valence-corrected chi connectivity index (χ3v) is 3.85. The Balaban J connectivity index is 1.70. The van der Waals surface area contributed by atoms with Crippen molar-refractivity contribution in [2.24, 2.45) is 0 Å². The van der Waals surface area contributed by atoms with Gasteiger partial charge in [0.1, 0.15) is 17.3 Å².